The van der Waals surface area contributed by atoms with Gasteiger partial charge in [0.15, 0.2) is 0 Å². The molecule has 5 rings (SSSR count). The Morgan fingerprint density at radius 2 is 1.91 bits per heavy atom. The maximum absolute atomic E-state index is 15.1. The first-order valence-corrected chi connectivity index (χ1v) is 13.1. The first-order chi connectivity index (χ1) is 16.9. The van der Waals surface area contributed by atoms with E-state index >= 15 is 4.39 Å². The number of H-pyrrole nitrogens is 1. The van der Waals surface area contributed by atoms with Crippen molar-refractivity contribution in [1.29, 1.82) is 0 Å². The number of carbonyl (C=O) groups is 1. The van der Waals surface area contributed by atoms with Crippen LogP contribution in [0.5, 0.6) is 5.88 Å². The number of nitrogens with one attached hydrogen (secondary N) is 1. The van der Waals surface area contributed by atoms with E-state index in [4.69, 9.17) is 9.84 Å². The van der Waals surface area contributed by atoms with Gasteiger partial charge in [-0.05, 0) is 79.6 Å². The number of carboxylic acids is 1. The van der Waals surface area contributed by atoms with Gasteiger partial charge in [-0.3, -0.25) is 4.79 Å². The third kappa shape index (κ3) is 5.03. The number of benzene rings is 2. The second-order valence-corrected chi connectivity index (χ2v) is 9.79. The van der Waals surface area contributed by atoms with Gasteiger partial charge in [-0.2, -0.15) is 0 Å². The van der Waals surface area contributed by atoms with Crippen molar-refractivity contribution in [2.75, 3.05) is 0 Å². The van der Waals surface area contributed by atoms with E-state index in [2.05, 4.69) is 50.5 Å². The molecule has 4 aromatic rings. The number of alkyl halides is 1. The molecule has 0 saturated heterocycles. The molecule has 2 aromatic heterocycles. The Bertz CT molecular complexity index is 1380. The minimum absolute atomic E-state index is 0.0266. The molecule has 0 bridgehead atoms. The summed E-state index contributed by atoms with van der Waals surface area (Å²) in [6.45, 7) is 2.06. The van der Waals surface area contributed by atoms with Crippen molar-refractivity contribution in [2.45, 2.75) is 43.1 Å². The number of aromatic nitrogens is 3. The maximum Gasteiger partial charge on any atom is 0.306 e. The summed E-state index contributed by atoms with van der Waals surface area (Å²) in [5.41, 5.74) is 6.05. The number of rotatable bonds is 6. The highest BCUT2D eigenvalue weighted by Gasteiger charge is 2.27. The lowest BCUT2D eigenvalue weighted by Crippen LogP contribution is -2.28. The summed E-state index contributed by atoms with van der Waals surface area (Å²) in [6.07, 6.45) is 4.28. The molecule has 0 atom stereocenters. The van der Waals surface area contributed by atoms with Gasteiger partial charge in [0.25, 0.3) is 0 Å². The monoisotopic (exact) mass is 585 g/mol. The Labute approximate surface area is 216 Å². The quantitative estimate of drug-likeness (QED) is 0.194. The molecule has 35 heavy (non-hydrogen) atoms. The van der Waals surface area contributed by atoms with Gasteiger partial charge in [0.05, 0.1) is 22.5 Å². The number of aromatic amines is 1. The minimum Gasteiger partial charge on any atom is -0.481 e. The van der Waals surface area contributed by atoms with Crippen LogP contribution in [0, 0.1) is 18.7 Å². The van der Waals surface area contributed by atoms with Crippen LogP contribution in [0.3, 0.4) is 0 Å². The Morgan fingerprint density at radius 1 is 1.14 bits per heavy atom. The zero-order valence-corrected chi connectivity index (χ0v) is 21.4. The molecule has 6 nitrogen and oxygen atoms in total. The number of ether oxygens (including phenoxy) is 1. The Balaban J connectivity index is 1.30. The van der Waals surface area contributed by atoms with Crippen molar-refractivity contribution in [2.24, 2.45) is 5.92 Å². The average Bonchev–Trinajstić information content (AvgIpc) is 3.26. The van der Waals surface area contributed by atoms with Crippen LogP contribution < -0.4 is 4.74 Å². The van der Waals surface area contributed by atoms with E-state index in [0.29, 0.717) is 48.5 Å². The first-order valence-electron chi connectivity index (χ1n) is 11.6. The van der Waals surface area contributed by atoms with Crippen molar-refractivity contribution in [3.63, 3.8) is 0 Å². The van der Waals surface area contributed by atoms with E-state index in [-0.39, 0.29) is 17.8 Å². The van der Waals surface area contributed by atoms with Crippen LogP contribution in [-0.2, 0) is 9.22 Å². The van der Waals surface area contributed by atoms with Crippen molar-refractivity contribution in [1.82, 2.24) is 15.0 Å². The number of aryl methyl sites for hydroxylation is 1. The van der Waals surface area contributed by atoms with Gasteiger partial charge >= 0.3 is 5.97 Å². The summed E-state index contributed by atoms with van der Waals surface area (Å²) in [6, 6.07) is 12.8. The normalized spacial score (nSPS) is 18.0. The third-order valence-electron chi connectivity index (χ3n) is 6.69. The number of pyridine rings is 1. The zero-order chi connectivity index (χ0) is 24.5. The van der Waals surface area contributed by atoms with Crippen molar-refractivity contribution < 1.29 is 19.0 Å². The van der Waals surface area contributed by atoms with Gasteiger partial charge in [0, 0.05) is 22.3 Å². The van der Waals surface area contributed by atoms with Crippen LogP contribution in [-0.4, -0.2) is 32.1 Å². The number of carboxylic acid groups (broad SMARTS) is 1. The van der Waals surface area contributed by atoms with E-state index in [1.807, 2.05) is 18.2 Å². The highest BCUT2D eigenvalue weighted by atomic mass is 127. The summed E-state index contributed by atoms with van der Waals surface area (Å²) < 4.78 is 21.9. The predicted molar refractivity (Wildman–Crippen MR) is 141 cm³/mol. The molecule has 1 saturated carbocycles. The predicted octanol–water partition coefficient (Wildman–Crippen LogP) is 6.70. The maximum atomic E-state index is 15.1. The number of hydrogen-bond acceptors (Lipinski definition) is 4. The van der Waals surface area contributed by atoms with E-state index in [0.717, 1.165) is 21.0 Å². The van der Waals surface area contributed by atoms with Crippen LogP contribution in [0.15, 0.2) is 48.7 Å². The number of halogens is 2. The number of imidazole rings is 1. The van der Waals surface area contributed by atoms with Gasteiger partial charge in [-0.25, -0.2) is 14.4 Å². The molecule has 0 spiro atoms. The Kier molecular flexibility index (Phi) is 6.73. The highest BCUT2D eigenvalue weighted by molar-refractivity contribution is 14.1. The Hall–Kier alpha value is -3.01. The summed E-state index contributed by atoms with van der Waals surface area (Å²) in [5, 5.41) is 9.13. The Morgan fingerprint density at radius 3 is 2.57 bits per heavy atom. The molecule has 1 aliphatic rings. The second kappa shape index (κ2) is 9.93. The highest BCUT2D eigenvalue weighted by Crippen LogP contribution is 2.31. The van der Waals surface area contributed by atoms with Crippen LogP contribution in [0.4, 0.5) is 4.39 Å². The summed E-state index contributed by atoms with van der Waals surface area (Å²) >= 11 is 2.34. The van der Waals surface area contributed by atoms with Crippen LogP contribution in [0.1, 0.15) is 36.8 Å². The molecule has 2 heterocycles. The molecule has 0 unspecified atom stereocenters. The summed E-state index contributed by atoms with van der Waals surface area (Å²) in [7, 11) is 0. The zero-order valence-electron chi connectivity index (χ0n) is 19.2. The number of nitrogens with zero attached hydrogens (tertiary/aromatic N) is 2. The van der Waals surface area contributed by atoms with Crippen molar-refractivity contribution in [3.8, 4) is 28.4 Å². The molecule has 0 radical (unpaired) electrons. The van der Waals surface area contributed by atoms with E-state index in [1.165, 1.54) is 17.2 Å². The third-order valence-corrected chi connectivity index (χ3v) is 7.51. The lowest BCUT2D eigenvalue weighted by atomic mass is 9.87. The molecule has 2 N–H and O–H groups in total. The van der Waals surface area contributed by atoms with E-state index < -0.39 is 5.97 Å². The molecule has 1 fully saturated rings. The SMILES string of the molecule is Cc1cc2nc(-c3ccc(-c4ccc(OC5CCC(C(=O)O)CC5)nc4)cc3F)[nH]c2cc1CI. The van der Waals surface area contributed by atoms with Gasteiger partial charge in [0.2, 0.25) is 5.88 Å². The standard InChI is InChI=1S/C27H25FIN3O3/c1-15-10-23-24(12-19(15)13-29)32-26(31-23)21-8-4-17(11-22(21)28)18-5-9-25(30-14-18)35-20-6-2-16(3-7-20)27(33)34/h4-5,8-12,14,16,20H,2-3,6-7,13H2,1H3,(H,31,32)(H,33,34). The molecule has 2 aromatic carbocycles. The summed E-state index contributed by atoms with van der Waals surface area (Å²) in [5.74, 6) is -0.366. The van der Waals surface area contributed by atoms with Crippen molar-refractivity contribution in [3.05, 3.63) is 65.6 Å². The van der Waals surface area contributed by atoms with Crippen LogP contribution >= 0.6 is 22.6 Å². The smallest absolute Gasteiger partial charge is 0.306 e. The molecule has 0 aliphatic heterocycles. The van der Waals surface area contributed by atoms with Gasteiger partial charge in [0.1, 0.15) is 17.7 Å². The second-order valence-electron chi connectivity index (χ2n) is 9.02. The molecule has 1 aliphatic carbocycles. The fraction of sp³-hybridized carbons (Fsp3) is 0.296. The average molecular weight is 585 g/mol. The lowest BCUT2D eigenvalue weighted by molar-refractivity contribution is -0.143. The van der Waals surface area contributed by atoms with Crippen LogP contribution in [0.2, 0.25) is 0 Å². The topological polar surface area (TPSA) is 88.1 Å². The minimum atomic E-state index is -0.732. The first kappa shape index (κ1) is 23.7. The van der Waals surface area contributed by atoms with Crippen molar-refractivity contribution >= 4 is 39.6 Å². The van der Waals surface area contributed by atoms with Crippen LogP contribution in [0.25, 0.3) is 33.5 Å². The van der Waals surface area contributed by atoms with Gasteiger partial charge in [-0.1, -0.05) is 28.7 Å². The van der Waals surface area contributed by atoms with Gasteiger partial charge in [-0.15, -0.1) is 0 Å². The fourth-order valence-corrected chi connectivity index (χ4v) is 5.41. The molecule has 180 valence electrons. The molecular formula is C27H25FIN3O3. The lowest BCUT2D eigenvalue weighted by Gasteiger charge is -2.26. The molecular weight excluding hydrogens is 560 g/mol. The number of hydrogen-bond donors (Lipinski definition) is 2. The summed E-state index contributed by atoms with van der Waals surface area (Å²) in [4.78, 5) is 23.4. The van der Waals surface area contributed by atoms with E-state index in [9.17, 15) is 4.79 Å². The number of aliphatic carboxylic acids is 1. The molecule has 8 heteroatoms. The van der Waals surface area contributed by atoms with E-state index in [1.54, 1.807) is 18.3 Å². The molecule has 0 amide bonds. The largest absolute Gasteiger partial charge is 0.481 e. The number of fused-ring (bicyclic) bond motifs is 1. The fourth-order valence-electron chi connectivity index (χ4n) is 4.58. The van der Waals surface area contributed by atoms with Gasteiger partial charge < -0.3 is 14.8 Å².